The zero-order valence-corrected chi connectivity index (χ0v) is 13.7. The van der Waals surface area contributed by atoms with Gasteiger partial charge in [-0.25, -0.2) is 9.78 Å². The third-order valence-corrected chi connectivity index (χ3v) is 4.32. The summed E-state index contributed by atoms with van der Waals surface area (Å²) in [7, 11) is 3.17. The van der Waals surface area contributed by atoms with E-state index in [1.807, 2.05) is 25.1 Å². The number of nitrogens with one attached hydrogen (secondary N) is 1. The van der Waals surface area contributed by atoms with E-state index < -0.39 is 5.97 Å². The number of hydrogen-bond acceptors (Lipinski definition) is 6. The van der Waals surface area contributed by atoms with E-state index in [-0.39, 0.29) is 10.9 Å². The second-order valence-corrected chi connectivity index (χ2v) is 5.72. The van der Waals surface area contributed by atoms with Gasteiger partial charge in [-0.05, 0) is 31.5 Å². The molecule has 0 bridgehead atoms. The molecular weight excluding hydrogens is 304 g/mol. The van der Waals surface area contributed by atoms with Gasteiger partial charge >= 0.3 is 5.97 Å². The highest BCUT2D eigenvalue weighted by Gasteiger charge is 2.16. The number of carboxylic acid groups (broad SMARTS) is 1. The van der Waals surface area contributed by atoms with Gasteiger partial charge in [-0.2, -0.15) is 0 Å². The number of benzene rings is 1. The van der Waals surface area contributed by atoms with Crippen molar-refractivity contribution in [1.29, 1.82) is 0 Å². The molecule has 1 aromatic heterocycles. The number of aromatic carboxylic acids is 1. The van der Waals surface area contributed by atoms with Crippen molar-refractivity contribution in [2.24, 2.45) is 0 Å². The highest BCUT2D eigenvalue weighted by Crippen LogP contribution is 2.32. The molecule has 1 atom stereocenters. The number of nitrogens with zero attached hydrogens (tertiary/aromatic N) is 1. The Morgan fingerprint density at radius 1 is 1.32 bits per heavy atom. The number of methoxy groups -OCH3 is 2. The number of thiazole rings is 1. The molecule has 0 saturated heterocycles. The lowest BCUT2D eigenvalue weighted by Crippen LogP contribution is -2.06. The number of carboxylic acids is 1. The van der Waals surface area contributed by atoms with E-state index >= 15 is 0 Å². The Kier molecular flexibility index (Phi) is 4.87. The Balaban J connectivity index is 2.20. The van der Waals surface area contributed by atoms with Crippen molar-refractivity contribution in [1.82, 2.24) is 4.98 Å². The monoisotopic (exact) mass is 322 g/mol. The number of hydrogen-bond donors (Lipinski definition) is 2. The number of aryl methyl sites for hydroxylation is 1. The Labute approximate surface area is 132 Å². The molecule has 0 aliphatic rings. The summed E-state index contributed by atoms with van der Waals surface area (Å²) < 4.78 is 10.5. The van der Waals surface area contributed by atoms with E-state index in [1.165, 1.54) is 0 Å². The summed E-state index contributed by atoms with van der Waals surface area (Å²) in [5.74, 6) is 0.355. The molecule has 2 N–H and O–H groups in total. The molecule has 0 spiro atoms. The van der Waals surface area contributed by atoms with Gasteiger partial charge in [-0.15, -0.1) is 0 Å². The van der Waals surface area contributed by atoms with Crippen molar-refractivity contribution >= 4 is 22.4 Å². The van der Waals surface area contributed by atoms with Gasteiger partial charge in [0.05, 0.1) is 26.0 Å². The van der Waals surface area contributed by atoms with E-state index in [4.69, 9.17) is 14.6 Å². The highest BCUT2D eigenvalue weighted by atomic mass is 32.1. The molecule has 6 nitrogen and oxygen atoms in total. The van der Waals surface area contributed by atoms with Gasteiger partial charge in [-0.3, -0.25) is 0 Å². The first-order valence-corrected chi connectivity index (χ1v) is 7.47. The van der Waals surface area contributed by atoms with E-state index in [2.05, 4.69) is 10.3 Å². The van der Waals surface area contributed by atoms with Crippen LogP contribution in [0.3, 0.4) is 0 Å². The fraction of sp³-hybridized carbons (Fsp3) is 0.333. The third-order valence-electron chi connectivity index (χ3n) is 3.24. The van der Waals surface area contributed by atoms with Gasteiger partial charge < -0.3 is 19.9 Å². The minimum Gasteiger partial charge on any atom is -0.493 e. The average molecular weight is 322 g/mol. The van der Waals surface area contributed by atoms with Crippen LogP contribution in [0.4, 0.5) is 5.13 Å². The summed E-state index contributed by atoms with van der Waals surface area (Å²) in [6, 6.07) is 5.60. The van der Waals surface area contributed by atoms with Crippen LogP contribution >= 0.6 is 11.3 Å². The summed E-state index contributed by atoms with van der Waals surface area (Å²) in [6.07, 6.45) is 0. The zero-order chi connectivity index (χ0) is 16.3. The number of carbonyl (C=O) groups is 1. The molecule has 0 aliphatic heterocycles. The van der Waals surface area contributed by atoms with E-state index in [0.717, 1.165) is 16.9 Å². The van der Waals surface area contributed by atoms with Gasteiger partial charge in [-0.1, -0.05) is 17.4 Å². The number of anilines is 1. The average Bonchev–Trinajstić information content (AvgIpc) is 2.87. The molecule has 1 unspecified atom stereocenters. The standard InChI is InChI=1S/C15H18N2O4S/c1-8(10-5-6-11(20-3)12(7-10)21-4)16-15-17-9(2)13(22-15)14(18)19/h5-8H,1-4H3,(H,16,17)(H,18,19). The van der Waals surface area contributed by atoms with Crippen molar-refractivity contribution in [3.63, 3.8) is 0 Å². The van der Waals surface area contributed by atoms with Crippen LogP contribution in [0.25, 0.3) is 0 Å². The summed E-state index contributed by atoms with van der Waals surface area (Å²) in [4.78, 5) is 15.6. The third kappa shape index (κ3) is 3.30. The second-order valence-electron chi connectivity index (χ2n) is 4.72. The van der Waals surface area contributed by atoms with Crippen LogP contribution in [-0.4, -0.2) is 30.3 Å². The second kappa shape index (κ2) is 6.65. The lowest BCUT2D eigenvalue weighted by molar-refractivity contribution is 0.0701. The van der Waals surface area contributed by atoms with Crippen molar-refractivity contribution in [2.45, 2.75) is 19.9 Å². The lowest BCUT2D eigenvalue weighted by atomic mass is 10.1. The molecule has 0 amide bonds. The number of rotatable bonds is 6. The molecule has 0 saturated carbocycles. The smallest absolute Gasteiger partial charge is 0.347 e. The van der Waals surface area contributed by atoms with Gasteiger partial charge in [0, 0.05) is 0 Å². The molecule has 0 fully saturated rings. The van der Waals surface area contributed by atoms with Crippen LogP contribution < -0.4 is 14.8 Å². The fourth-order valence-electron chi connectivity index (χ4n) is 2.05. The SMILES string of the molecule is COc1ccc(C(C)Nc2nc(C)c(C(=O)O)s2)cc1OC. The maximum atomic E-state index is 11.1. The van der Waals surface area contributed by atoms with Crippen LogP contribution in [0.5, 0.6) is 11.5 Å². The van der Waals surface area contributed by atoms with Crippen LogP contribution in [0.2, 0.25) is 0 Å². The zero-order valence-electron chi connectivity index (χ0n) is 12.8. The molecule has 7 heteroatoms. The molecule has 0 radical (unpaired) electrons. The maximum absolute atomic E-state index is 11.1. The Bertz CT molecular complexity index is 684. The highest BCUT2D eigenvalue weighted by molar-refractivity contribution is 7.17. The molecule has 22 heavy (non-hydrogen) atoms. The van der Waals surface area contributed by atoms with Crippen molar-refractivity contribution in [3.05, 3.63) is 34.3 Å². The van der Waals surface area contributed by atoms with E-state index in [1.54, 1.807) is 21.1 Å². The predicted molar refractivity (Wildman–Crippen MR) is 85.4 cm³/mol. The van der Waals surface area contributed by atoms with E-state index in [9.17, 15) is 4.79 Å². The minimum absolute atomic E-state index is 0.0491. The first-order valence-electron chi connectivity index (χ1n) is 6.65. The molecule has 0 aliphatic carbocycles. The predicted octanol–water partition coefficient (Wildman–Crippen LogP) is 3.34. The summed E-state index contributed by atoms with van der Waals surface area (Å²) in [5.41, 5.74) is 1.50. The summed E-state index contributed by atoms with van der Waals surface area (Å²) in [6.45, 7) is 3.66. The Morgan fingerprint density at radius 3 is 2.55 bits per heavy atom. The fourth-order valence-corrected chi connectivity index (χ4v) is 2.94. The Morgan fingerprint density at radius 2 is 2.00 bits per heavy atom. The van der Waals surface area contributed by atoms with Gasteiger partial charge in [0.25, 0.3) is 0 Å². The van der Waals surface area contributed by atoms with Crippen molar-refractivity contribution in [3.8, 4) is 11.5 Å². The number of ether oxygens (including phenoxy) is 2. The largest absolute Gasteiger partial charge is 0.493 e. The van der Waals surface area contributed by atoms with Gasteiger partial charge in [0.1, 0.15) is 4.88 Å². The molecule has 2 aromatic rings. The van der Waals surface area contributed by atoms with Gasteiger partial charge in [0.15, 0.2) is 16.6 Å². The first kappa shape index (κ1) is 16.1. The maximum Gasteiger partial charge on any atom is 0.347 e. The molecule has 1 aromatic carbocycles. The normalized spacial score (nSPS) is 11.8. The minimum atomic E-state index is -0.957. The molecule has 1 heterocycles. The van der Waals surface area contributed by atoms with Gasteiger partial charge in [0.2, 0.25) is 0 Å². The quantitative estimate of drug-likeness (QED) is 0.849. The van der Waals surface area contributed by atoms with Crippen LogP contribution in [0, 0.1) is 6.92 Å². The topological polar surface area (TPSA) is 80.7 Å². The molecule has 2 rings (SSSR count). The summed E-state index contributed by atoms with van der Waals surface area (Å²) in [5, 5.41) is 12.9. The van der Waals surface area contributed by atoms with Crippen LogP contribution in [0.15, 0.2) is 18.2 Å². The van der Waals surface area contributed by atoms with E-state index in [0.29, 0.717) is 22.3 Å². The summed E-state index contributed by atoms with van der Waals surface area (Å²) >= 11 is 1.13. The first-order chi connectivity index (χ1) is 10.5. The Hall–Kier alpha value is -2.28. The van der Waals surface area contributed by atoms with Crippen LogP contribution in [-0.2, 0) is 0 Å². The molecule has 118 valence electrons. The van der Waals surface area contributed by atoms with Crippen molar-refractivity contribution in [2.75, 3.05) is 19.5 Å². The lowest BCUT2D eigenvalue weighted by Gasteiger charge is -2.15. The van der Waals surface area contributed by atoms with Crippen molar-refractivity contribution < 1.29 is 19.4 Å². The molecular formula is C15H18N2O4S. The van der Waals surface area contributed by atoms with Crippen LogP contribution in [0.1, 0.15) is 33.9 Å². The number of aromatic nitrogens is 1.